The average molecular weight is 233 g/mol. The highest BCUT2D eigenvalue weighted by molar-refractivity contribution is 7.95. The van der Waals surface area contributed by atoms with Crippen LogP contribution in [-0.4, -0.2) is 17.6 Å². The molecule has 0 saturated heterocycles. The first-order valence-corrected chi connectivity index (χ1v) is 7.49. The zero-order valence-electron chi connectivity index (χ0n) is 9.95. The Balaban J connectivity index is 2.80. The monoisotopic (exact) mass is 233 g/mol. The number of fused-ring (bicyclic) bond motifs is 1. The summed E-state index contributed by atoms with van der Waals surface area (Å²) in [6, 6.07) is 10.1. The molecule has 0 atom stereocenters. The van der Waals surface area contributed by atoms with E-state index in [2.05, 4.69) is 31.6 Å². The maximum absolute atomic E-state index is 9.60. The second-order valence-electron chi connectivity index (χ2n) is 4.12. The molecule has 0 heterocycles. The van der Waals surface area contributed by atoms with Crippen LogP contribution in [0.25, 0.3) is 10.8 Å². The van der Waals surface area contributed by atoms with Crippen LogP contribution in [0, 0.1) is 0 Å². The topological polar surface area (TPSA) is 20.2 Å². The van der Waals surface area contributed by atoms with E-state index in [1.54, 1.807) is 6.07 Å². The number of aromatic hydroxyl groups is 1. The zero-order chi connectivity index (χ0) is 11.7. The summed E-state index contributed by atoms with van der Waals surface area (Å²) in [5, 5.41) is 12.1. The van der Waals surface area contributed by atoms with Crippen LogP contribution in [0.5, 0.6) is 5.75 Å². The summed E-state index contributed by atoms with van der Waals surface area (Å²) in [7, 11) is 0.217. The summed E-state index contributed by atoms with van der Waals surface area (Å²) in [5.41, 5.74) is 1.35. The molecular formula is C14H17OS+. The predicted molar refractivity (Wildman–Crippen MR) is 72.5 cm³/mol. The van der Waals surface area contributed by atoms with Crippen molar-refractivity contribution in [2.45, 2.75) is 18.2 Å². The second kappa shape index (κ2) is 4.38. The van der Waals surface area contributed by atoms with Gasteiger partial charge < -0.3 is 5.11 Å². The van der Waals surface area contributed by atoms with Crippen LogP contribution in [0.15, 0.2) is 35.2 Å². The molecule has 0 aliphatic rings. The van der Waals surface area contributed by atoms with Gasteiger partial charge in [0.15, 0.2) is 4.90 Å². The van der Waals surface area contributed by atoms with E-state index in [-0.39, 0.29) is 10.9 Å². The van der Waals surface area contributed by atoms with Gasteiger partial charge in [0.25, 0.3) is 0 Å². The van der Waals surface area contributed by atoms with Gasteiger partial charge in [0.2, 0.25) is 0 Å². The van der Waals surface area contributed by atoms with E-state index in [1.165, 1.54) is 21.2 Å². The first-order valence-electron chi connectivity index (χ1n) is 5.45. The zero-order valence-corrected chi connectivity index (χ0v) is 10.8. The molecule has 1 nitrogen and oxygen atoms in total. The van der Waals surface area contributed by atoms with Gasteiger partial charge >= 0.3 is 0 Å². The van der Waals surface area contributed by atoms with Crippen LogP contribution in [-0.2, 0) is 17.3 Å². The van der Waals surface area contributed by atoms with E-state index >= 15 is 0 Å². The number of phenolic OH excluding ortho intramolecular Hbond substituents is 1. The fourth-order valence-corrected chi connectivity index (χ4v) is 2.99. The lowest BCUT2D eigenvalue weighted by Crippen LogP contribution is -1.98. The molecule has 0 radical (unpaired) electrons. The summed E-state index contributed by atoms with van der Waals surface area (Å²) in [6.45, 7) is 2.17. The molecule has 1 N–H and O–H groups in total. The molecule has 0 bridgehead atoms. The summed E-state index contributed by atoms with van der Waals surface area (Å²) >= 11 is 0. The van der Waals surface area contributed by atoms with E-state index in [4.69, 9.17) is 0 Å². The van der Waals surface area contributed by atoms with Crippen molar-refractivity contribution in [1.82, 2.24) is 0 Å². The van der Waals surface area contributed by atoms with Gasteiger partial charge in [-0.2, -0.15) is 0 Å². The largest absolute Gasteiger partial charge is 0.508 e. The van der Waals surface area contributed by atoms with Gasteiger partial charge in [-0.3, -0.25) is 0 Å². The smallest absolute Gasteiger partial charge is 0.162 e. The highest BCUT2D eigenvalue weighted by Gasteiger charge is 2.15. The Morgan fingerprint density at radius 2 is 1.81 bits per heavy atom. The maximum atomic E-state index is 9.60. The van der Waals surface area contributed by atoms with Crippen molar-refractivity contribution in [2.75, 3.05) is 12.5 Å². The molecule has 2 aromatic carbocycles. The van der Waals surface area contributed by atoms with E-state index in [0.717, 1.165) is 6.42 Å². The van der Waals surface area contributed by atoms with Crippen molar-refractivity contribution in [3.63, 3.8) is 0 Å². The first kappa shape index (κ1) is 11.3. The second-order valence-corrected chi connectivity index (χ2v) is 6.20. The first-order chi connectivity index (χ1) is 7.63. The fraction of sp³-hybridized carbons (Fsp3) is 0.286. The molecule has 2 heteroatoms. The van der Waals surface area contributed by atoms with Gasteiger partial charge in [-0.05, 0) is 35.6 Å². The molecular weight excluding hydrogens is 216 g/mol. The molecule has 16 heavy (non-hydrogen) atoms. The van der Waals surface area contributed by atoms with Crippen molar-refractivity contribution >= 4 is 21.7 Å². The maximum Gasteiger partial charge on any atom is 0.162 e. The molecule has 2 rings (SSSR count). The number of benzene rings is 2. The average Bonchev–Trinajstić information content (AvgIpc) is 2.26. The third-order valence-corrected chi connectivity index (χ3v) is 4.11. The van der Waals surface area contributed by atoms with Gasteiger partial charge in [-0.15, -0.1) is 0 Å². The van der Waals surface area contributed by atoms with E-state index in [0.29, 0.717) is 5.75 Å². The van der Waals surface area contributed by atoms with E-state index < -0.39 is 0 Å². The van der Waals surface area contributed by atoms with Gasteiger partial charge in [0.1, 0.15) is 18.3 Å². The van der Waals surface area contributed by atoms with E-state index in [9.17, 15) is 5.11 Å². The highest BCUT2D eigenvalue weighted by atomic mass is 32.2. The van der Waals surface area contributed by atoms with Gasteiger partial charge in [-0.1, -0.05) is 19.1 Å². The van der Waals surface area contributed by atoms with Crippen LogP contribution >= 0.6 is 0 Å². The van der Waals surface area contributed by atoms with Crippen molar-refractivity contribution in [3.8, 4) is 5.75 Å². The number of hydrogen-bond acceptors (Lipinski definition) is 1. The molecule has 84 valence electrons. The molecule has 0 fully saturated rings. The Morgan fingerprint density at radius 1 is 1.06 bits per heavy atom. The standard InChI is InChI=1S/C14H16OS/c1-4-10-5-8-14(16(2)3)13-9-11(15)6-7-12(10)13/h5-9H,4H2,1-3H3/p+1. The molecule has 0 saturated carbocycles. The number of phenols is 1. The Kier molecular flexibility index (Phi) is 3.10. The van der Waals surface area contributed by atoms with Gasteiger partial charge in [-0.25, -0.2) is 0 Å². The molecule has 0 spiro atoms. The SMILES string of the molecule is CCc1ccc([S+](C)C)c2cc(O)ccc12. The van der Waals surface area contributed by atoms with Crippen LogP contribution in [0.1, 0.15) is 12.5 Å². The Hall–Kier alpha value is -1.15. The Labute approximate surface area is 99.5 Å². The predicted octanol–water partition coefficient (Wildman–Crippen LogP) is 3.34. The van der Waals surface area contributed by atoms with Crippen LogP contribution in [0.2, 0.25) is 0 Å². The molecule has 0 aliphatic carbocycles. The number of rotatable bonds is 2. The molecule has 0 aliphatic heterocycles. The molecule has 0 aromatic heterocycles. The number of hydrogen-bond donors (Lipinski definition) is 1. The highest BCUT2D eigenvalue weighted by Crippen LogP contribution is 2.29. The normalized spacial score (nSPS) is 11.2. The fourth-order valence-electron chi connectivity index (χ4n) is 2.04. The quantitative estimate of drug-likeness (QED) is 0.789. The van der Waals surface area contributed by atoms with Crippen LogP contribution in [0.3, 0.4) is 0 Å². The summed E-state index contributed by atoms with van der Waals surface area (Å²) in [4.78, 5) is 1.34. The van der Waals surface area contributed by atoms with Crippen molar-refractivity contribution in [2.24, 2.45) is 0 Å². The minimum Gasteiger partial charge on any atom is -0.508 e. The lowest BCUT2D eigenvalue weighted by Gasteiger charge is -2.08. The Morgan fingerprint density at radius 3 is 2.44 bits per heavy atom. The van der Waals surface area contributed by atoms with Gasteiger partial charge in [0.05, 0.1) is 0 Å². The molecule has 0 unspecified atom stereocenters. The molecule has 2 aromatic rings. The minimum absolute atomic E-state index is 0.217. The van der Waals surface area contributed by atoms with Gasteiger partial charge in [0, 0.05) is 16.3 Å². The third-order valence-electron chi connectivity index (χ3n) is 2.87. The van der Waals surface area contributed by atoms with Crippen LogP contribution in [0.4, 0.5) is 0 Å². The lowest BCUT2D eigenvalue weighted by atomic mass is 10.0. The van der Waals surface area contributed by atoms with Crippen LogP contribution < -0.4 is 0 Å². The minimum atomic E-state index is 0.217. The van der Waals surface area contributed by atoms with E-state index in [1.807, 2.05) is 12.1 Å². The Bertz CT molecular complexity index is 517. The lowest BCUT2D eigenvalue weighted by molar-refractivity contribution is 0.476. The summed E-state index contributed by atoms with van der Waals surface area (Å²) in [6.07, 6.45) is 5.46. The van der Waals surface area contributed by atoms with Crippen molar-refractivity contribution in [1.29, 1.82) is 0 Å². The van der Waals surface area contributed by atoms with Crippen molar-refractivity contribution < 1.29 is 5.11 Å². The summed E-state index contributed by atoms with van der Waals surface area (Å²) in [5.74, 6) is 0.354. The number of aryl methyl sites for hydroxylation is 1. The summed E-state index contributed by atoms with van der Waals surface area (Å²) < 4.78 is 0. The van der Waals surface area contributed by atoms with Crippen molar-refractivity contribution in [3.05, 3.63) is 35.9 Å². The third kappa shape index (κ3) is 1.90. The molecule has 0 amide bonds.